The van der Waals surface area contributed by atoms with E-state index in [-0.39, 0.29) is 11.5 Å². The minimum atomic E-state index is -0.296. The Kier molecular flexibility index (Phi) is 7.24. The second-order valence-corrected chi connectivity index (χ2v) is 9.56. The van der Waals surface area contributed by atoms with Crippen molar-refractivity contribution in [3.63, 3.8) is 0 Å². The highest BCUT2D eigenvalue weighted by Gasteiger charge is 2.13. The number of benzene rings is 2. The first-order chi connectivity index (χ1) is 18.4. The first-order valence-electron chi connectivity index (χ1n) is 12.9. The van der Waals surface area contributed by atoms with E-state index in [0.29, 0.717) is 29.1 Å². The van der Waals surface area contributed by atoms with Crippen LogP contribution >= 0.6 is 0 Å². The highest BCUT2D eigenvalue weighted by atomic mass is 16.1. The van der Waals surface area contributed by atoms with Crippen molar-refractivity contribution in [3.05, 3.63) is 106 Å². The molecule has 0 atom stereocenters. The zero-order valence-corrected chi connectivity index (χ0v) is 21.9. The number of hydrogen-bond acceptors (Lipinski definition) is 4. The molecule has 0 bridgehead atoms. The molecule has 8 nitrogen and oxygen atoms in total. The van der Waals surface area contributed by atoms with Crippen LogP contribution < -0.4 is 10.9 Å². The van der Waals surface area contributed by atoms with E-state index < -0.39 is 0 Å². The first kappa shape index (κ1) is 25.2. The maximum atomic E-state index is 12.9. The van der Waals surface area contributed by atoms with Gasteiger partial charge in [-0.3, -0.25) is 19.2 Å². The number of anilines is 1. The molecular weight excluding hydrogens is 476 g/mol. The number of carbonyl (C=O) groups excluding carboxylic acids is 1. The van der Waals surface area contributed by atoms with E-state index in [4.69, 9.17) is 0 Å². The number of H-pyrrole nitrogens is 2. The summed E-state index contributed by atoms with van der Waals surface area (Å²) in [6.45, 7) is 9.81. The molecule has 0 aliphatic heterocycles. The van der Waals surface area contributed by atoms with Gasteiger partial charge in [-0.1, -0.05) is 49.7 Å². The zero-order chi connectivity index (χ0) is 26.6. The molecule has 0 saturated carbocycles. The predicted molar refractivity (Wildman–Crippen MR) is 151 cm³/mol. The van der Waals surface area contributed by atoms with Gasteiger partial charge in [0.15, 0.2) is 0 Å². The molecule has 5 rings (SSSR count). The Morgan fingerprint density at radius 3 is 2.55 bits per heavy atom. The van der Waals surface area contributed by atoms with E-state index in [2.05, 4.69) is 75.5 Å². The second-order valence-electron chi connectivity index (χ2n) is 9.56. The SMILES string of the molecule is CCN(CC)Cc1ccc2[nH]c(-c3cc(NC(=O)c4cnn(Cc5ccc(C)cc5)c4)c[nH]c3=O)cc2c1. The van der Waals surface area contributed by atoms with E-state index in [1.807, 2.05) is 19.1 Å². The molecule has 0 aliphatic rings. The van der Waals surface area contributed by atoms with Crippen LogP contribution in [0.2, 0.25) is 0 Å². The van der Waals surface area contributed by atoms with Crippen LogP contribution in [0.4, 0.5) is 5.69 Å². The van der Waals surface area contributed by atoms with E-state index in [1.165, 1.54) is 17.3 Å². The normalized spacial score (nSPS) is 11.4. The third-order valence-electron chi connectivity index (χ3n) is 6.80. The van der Waals surface area contributed by atoms with Gasteiger partial charge in [-0.05, 0) is 55.4 Å². The largest absolute Gasteiger partial charge is 0.354 e. The van der Waals surface area contributed by atoms with Crippen LogP contribution in [-0.2, 0) is 13.1 Å². The number of aromatic amines is 2. The van der Waals surface area contributed by atoms with Crippen LogP contribution in [0.15, 0.2) is 78.0 Å². The van der Waals surface area contributed by atoms with Crippen molar-refractivity contribution in [3.8, 4) is 11.3 Å². The van der Waals surface area contributed by atoms with E-state index in [1.54, 1.807) is 23.1 Å². The topological polar surface area (TPSA) is 98.8 Å². The number of pyridine rings is 1. The Labute approximate surface area is 221 Å². The van der Waals surface area contributed by atoms with Crippen LogP contribution in [0.1, 0.15) is 40.9 Å². The van der Waals surface area contributed by atoms with Crippen LogP contribution in [0, 0.1) is 6.92 Å². The fourth-order valence-corrected chi connectivity index (χ4v) is 4.54. The maximum absolute atomic E-state index is 12.9. The van der Waals surface area contributed by atoms with Gasteiger partial charge in [-0.2, -0.15) is 5.10 Å². The molecule has 8 heteroatoms. The number of hydrogen-bond donors (Lipinski definition) is 3. The summed E-state index contributed by atoms with van der Waals surface area (Å²) in [5, 5.41) is 8.24. The monoisotopic (exact) mass is 508 g/mol. The van der Waals surface area contributed by atoms with Crippen LogP contribution in [0.25, 0.3) is 22.2 Å². The molecule has 1 amide bonds. The van der Waals surface area contributed by atoms with Crippen molar-refractivity contribution in [2.45, 2.75) is 33.9 Å². The van der Waals surface area contributed by atoms with Gasteiger partial charge in [-0.15, -0.1) is 0 Å². The molecule has 0 fully saturated rings. The average molecular weight is 509 g/mol. The molecule has 3 heterocycles. The number of rotatable bonds is 9. The lowest BCUT2D eigenvalue weighted by atomic mass is 10.1. The molecule has 0 spiro atoms. The van der Waals surface area contributed by atoms with Crippen molar-refractivity contribution in [2.24, 2.45) is 0 Å². The number of fused-ring (bicyclic) bond motifs is 1. The Morgan fingerprint density at radius 2 is 1.79 bits per heavy atom. The van der Waals surface area contributed by atoms with Gasteiger partial charge in [-0.25, -0.2) is 0 Å². The standard InChI is InChI=1S/C30H32N6O2/c1-4-35(5-2)17-22-10-11-27-23(12-22)13-28(34-27)26-14-25(16-31-30(26)38)33-29(37)24-15-32-36(19-24)18-21-8-6-20(3)7-9-21/h6-16,19,34H,4-5,17-18H2,1-3H3,(H,31,38)(H,33,37). The summed E-state index contributed by atoms with van der Waals surface area (Å²) in [6.07, 6.45) is 4.77. The lowest BCUT2D eigenvalue weighted by Gasteiger charge is -2.17. The molecule has 5 aromatic rings. The highest BCUT2D eigenvalue weighted by Crippen LogP contribution is 2.25. The summed E-state index contributed by atoms with van der Waals surface area (Å²) in [6, 6.07) is 18.2. The summed E-state index contributed by atoms with van der Waals surface area (Å²) in [5.41, 5.74) is 6.35. The molecule has 194 valence electrons. The number of nitrogens with zero attached hydrogens (tertiary/aromatic N) is 3. The molecule has 38 heavy (non-hydrogen) atoms. The van der Waals surface area contributed by atoms with Gasteiger partial charge in [0.2, 0.25) is 0 Å². The van der Waals surface area contributed by atoms with Crippen LogP contribution in [0.5, 0.6) is 0 Å². The number of aromatic nitrogens is 4. The quantitative estimate of drug-likeness (QED) is 0.256. The lowest BCUT2D eigenvalue weighted by molar-refractivity contribution is 0.102. The van der Waals surface area contributed by atoms with Crippen molar-refractivity contribution in [2.75, 3.05) is 18.4 Å². The lowest BCUT2D eigenvalue weighted by Crippen LogP contribution is -2.21. The summed E-state index contributed by atoms with van der Waals surface area (Å²) < 4.78 is 1.73. The minimum absolute atomic E-state index is 0.233. The summed E-state index contributed by atoms with van der Waals surface area (Å²) in [4.78, 5) is 34.0. The van der Waals surface area contributed by atoms with Crippen molar-refractivity contribution in [1.29, 1.82) is 0 Å². The van der Waals surface area contributed by atoms with Crippen LogP contribution in [-0.4, -0.2) is 43.6 Å². The van der Waals surface area contributed by atoms with E-state index in [9.17, 15) is 9.59 Å². The second kappa shape index (κ2) is 10.9. The highest BCUT2D eigenvalue weighted by molar-refractivity contribution is 6.04. The third-order valence-corrected chi connectivity index (χ3v) is 6.80. The van der Waals surface area contributed by atoms with Gasteiger partial charge in [0.05, 0.1) is 35.2 Å². The van der Waals surface area contributed by atoms with Gasteiger partial charge < -0.3 is 15.3 Å². The van der Waals surface area contributed by atoms with E-state index >= 15 is 0 Å². The Hall–Kier alpha value is -4.43. The van der Waals surface area contributed by atoms with Crippen molar-refractivity contribution in [1.82, 2.24) is 24.6 Å². The van der Waals surface area contributed by atoms with Gasteiger partial charge in [0, 0.05) is 29.8 Å². The van der Waals surface area contributed by atoms with Gasteiger partial charge >= 0.3 is 0 Å². The first-order valence-corrected chi connectivity index (χ1v) is 12.9. The maximum Gasteiger partial charge on any atom is 0.258 e. The molecular formula is C30H32N6O2. The van der Waals surface area contributed by atoms with Gasteiger partial charge in [0.1, 0.15) is 0 Å². The fraction of sp³-hybridized carbons (Fsp3) is 0.233. The molecule has 0 aliphatic carbocycles. The average Bonchev–Trinajstić information content (AvgIpc) is 3.56. The number of carbonyl (C=O) groups is 1. The number of amides is 1. The minimum Gasteiger partial charge on any atom is -0.354 e. The Morgan fingerprint density at radius 1 is 1.03 bits per heavy atom. The molecule has 0 unspecified atom stereocenters. The summed E-state index contributed by atoms with van der Waals surface area (Å²) in [5.74, 6) is -0.296. The molecule has 0 saturated heterocycles. The van der Waals surface area contributed by atoms with Crippen molar-refractivity contribution >= 4 is 22.5 Å². The summed E-state index contributed by atoms with van der Waals surface area (Å²) >= 11 is 0. The van der Waals surface area contributed by atoms with Gasteiger partial charge in [0.25, 0.3) is 11.5 Å². The molecule has 2 aromatic carbocycles. The van der Waals surface area contributed by atoms with Crippen LogP contribution in [0.3, 0.4) is 0 Å². The fourth-order valence-electron chi connectivity index (χ4n) is 4.54. The Bertz CT molecular complexity index is 1620. The molecule has 3 aromatic heterocycles. The van der Waals surface area contributed by atoms with E-state index in [0.717, 1.165) is 36.1 Å². The predicted octanol–water partition coefficient (Wildman–Crippen LogP) is 5.17. The Balaban J connectivity index is 1.32. The molecule has 3 N–H and O–H groups in total. The number of nitrogens with one attached hydrogen (secondary N) is 3. The smallest absolute Gasteiger partial charge is 0.258 e. The third kappa shape index (κ3) is 5.60. The zero-order valence-electron chi connectivity index (χ0n) is 21.9. The summed E-state index contributed by atoms with van der Waals surface area (Å²) in [7, 11) is 0. The number of aryl methyl sites for hydroxylation is 1. The molecule has 0 radical (unpaired) electrons. The van der Waals surface area contributed by atoms with Crippen molar-refractivity contribution < 1.29 is 4.79 Å².